The van der Waals surface area contributed by atoms with E-state index in [0.29, 0.717) is 0 Å². The number of hydrogen-bond acceptors (Lipinski definition) is 4. The van der Waals surface area contributed by atoms with Gasteiger partial charge in [-0.3, -0.25) is 4.57 Å². The third-order valence-electron chi connectivity index (χ3n) is 7.20. The summed E-state index contributed by atoms with van der Waals surface area (Å²) in [6.07, 6.45) is 1.86. The van der Waals surface area contributed by atoms with E-state index in [1.54, 1.807) is 0 Å². The first-order chi connectivity index (χ1) is 18.8. The highest BCUT2D eigenvalue weighted by atomic mass is 32.1. The maximum atomic E-state index is 4.94. The summed E-state index contributed by atoms with van der Waals surface area (Å²) in [5.41, 5.74) is 5.22. The number of benzene rings is 5. The minimum atomic E-state index is 0.757. The lowest BCUT2D eigenvalue weighted by Gasteiger charge is -2.09. The second kappa shape index (κ2) is 8.33. The van der Waals surface area contributed by atoms with Gasteiger partial charge in [0, 0.05) is 33.8 Å². The van der Waals surface area contributed by atoms with E-state index in [1.807, 2.05) is 12.3 Å². The van der Waals surface area contributed by atoms with Crippen LogP contribution in [0.15, 0.2) is 121 Å². The summed E-state index contributed by atoms with van der Waals surface area (Å²) in [5.74, 6) is 0.757. The van der Waals surface area contributed by atoms with Crippen LogP contribution in [-0.4, -0.2) is 18.9 Å². The molecule has 0 unspecified atom stereocenters. The van der Waals surface area contributed by atoms with Crippen LogP contribution in [0.1, 0.15) is 0 Å². The maximum absolute atomic E-state index is 4.94. The second-order valence-electron chi connectivity index (χ2n) is 9.46. The Bertz CT molecular complexity index is 2150. The highest BCUT2D eigenvalue weighted by Gasteiger charge is 2.16. The van der Waals surface area contributed by atoms with Gasteiger partial charge in [0.1, 0.15) is 10.7 Å². The summed E-state index contributed by atoms with van der Waals surface area (Å²) in [5, 5.41) is 8.04. The first kappa shape index (κ1) is 21.2. The monoisotopic (exact) mass is 504 g/mol. The molecule has 178 valence electrons. The molecule has 4 nitrogen and oxygen atoms in total. The lowest BCUT2D eigenvalue weighted by Crippen LogP contribution is -1.95. The van der Waals surface area contributed by atoms with Crippen molar-refractivity contribution < 1.29 is 0 Å². The van der Waals surface area contributed by atoms with Gasteiger partial charge in [0.25, 0.3) is 0 Å². The molecule has 0 atom stereocenters. The standard InChI is InChI=1S/C33H20N4S/c1-3-8-23-18-25(12-11-21(23)6-1)31-35-33(38-36-31)26-14-16-28-29-10-5-17-34-32(29)37(30(28)20-26)27-15-13-22-7-2-4-9-24(22)19-27/h1-20H. The predicted octanol–water partition coefficient (Wildman–Crippen LogP) is 8.67. The van der Waals surface area contributed by atoms with Crippen LogP contribution in [0.3, 0.4) is 0 Å². The Morgan fingerprint density at radius 1 is 0.579 bits per heavy atom. The predicted molar refractivity (Wildman–Crippen MR) is 158 cm³/mol. The Morgan fingerprint density at radius 3 is 2.16 bits per heavy atom. The molecular weight excluding hydrogens is 484 g/mol. The van der Waals surface area contributed by atoms with Gasteiger partial charge in [0.15, 0.2) is 5.82 Å². The molecule has 8 rings (SSSR count). The fourth-order valence-corrected chi connectivity index (χ4v) is 6.02. The Labute approximate surface area is 222 Å². The molecule has 0 radical (unpaired) electrons. The smallest absolute Gasteiger partial charge is 0.173 e. The van der Waals surface area contributed by atoms with E-state index < -0.39 is 0 Å². The number of nitrogens with zero attached hydrogens (tertiary/aromatic N) is 4. The molecule has 0 spiro atoms. The van der Waals surface area contributed by atoms with E-state index >= 15 is 0 Å². The zero-order valence-electron chi connectivity index (χ0n) is 20.2. The molecule has 0 N–H and O–H groups in total. The first-order valence-corrected chi connectivity index (χ1v) is 13.3. The molecule has 0 aliphatic rings. The average molecular weight is 505 g/mol. The average Bonchev–Trinajstić information content (AvgIpc) is 3.60. The summed E-state index contributed by atoms with van der Waals surface area (Å²) in [4.78, 5) is 9.73. The van der Waals surface area contributed by atoms with Gasteiger partial charge in [0.2, 0.25) is 0 Å². The molecule has 38 heavy (non-hydrogen) atoms. The Morgan fingerprint density at radius 2 is 1.32 bits per heavy atom. The van der Waals surface area contributed by atoms with Crippen molar-refractivity contribution >= 4 is 55.0 Å². The van der Waals surface area contributed by atoms with Crippen LogP contribution < -0.4 is 0 Å². The summed E-state index contributed by atoms with van der Waals surface area (Å²) >= 11 is 1.44. The summed E-state index contributed by atoms with van der Waals surface area (Å²) in [6.45, 7) is 0. The summed E-state index contributed by atoms with van der Waals surface area (Å²) in [7, 11) is 0. The van der Waals surface area contributed by atoms with Crippen LogP contribution in [0.2, 0.25) is 0 Å². The van der Waals surface area contributed by atoms with Crippen molar-refractivity contribution in [2.75, 3.05) is 0 Å². The second-order valence-corrected chi connectivity index (χ2v) is 10.2. The zero-order valence-corrected chi connectivity index (χ0v) is 21.1. The largest absolute Gasteiger partial charge is 0.294 e. The molecule has 0 bridgehead atoms. The number of rotatable bonds is 3. The third-order valence-corrected chi connectivity index (χ3v) is 7.96. The molecule has 5 heteroatoms. The van der Waals surface area contributed by atoms with Crippen molar-refractivity contribution in [2.45, 2.75) is 0 Å². The van der Waals surface area contributed by atoms with Gasteiger partial charge in [-0.25, -0.2) is 9.97 Å². The maximum Gasteiger partial charge on any atom is 0.173 e. The fraction of sp³-hybridized carbons (Fsp3) is 0. The quantitative estimate of drug-likeness (QED) is 0.242. The highest BCUT2D eigenvalue weighted by molar-refractivity contribution is 7.09. The van der Waals surface area contributed by atoms with E-state index in [9.17, 15) is 0 Å². The number of aromatic nitrogens is 4. The van der Waals surface area contributed by atoms with Crippen molar-refractivity contribution in [1.82, 2.24) is 18.9 Å². The van der Waals surface area contributed by atoms with Crippen LogP contribution in [0, 0.1) is 0 Å². The third kappa shape index (κ3) is 3.33. The van der Waals surface area contributed by atoms with Gasteiger partial charge in [0.05, 0.1) is 5.52 Å². The lowest BCUT2D eigenvalue weighted by atomic mass is 10.1. The van der Waals surface area contributed by atoms with E-state index in [-0.39, 0.29) is 0 Å². The van der Waals surface area contributed by atoms with Crippen molar-refractivity contribution in [3.63, 3.8) is 0 Å². The number of pyridine rings is 1. The molecular formula is C33H20N4S. The number of fused-ring (bicyclic) bond motifs is 5. The highest BCUT2D eigenvalue weighted by Crippen LogP contribution is 2.35. The molecule has 3 heterocycles. The van der Waals surface area contributed by atoms with Crippen LogP contribution >= 0.6 is 11.5 Å². The summed E-state index contributed by atoms with van der Waals surface area (Å²) < 4.78 is 6.97. The van der Waals surface area contributed by atoms with Gasteiger partial charge >= 0.3 is 0 Å². The minimum Gasteiger partial charge on any atom is -0.294 e. The number of hydrogen-bond donors (Lipinski definition) is 0. The van der Waals surface area contributed by atoms with E-state index in [0.717, 1.165) is 44.2 Å². The Kier molecular flexibility index (Phi) is 4.66. The summed E-state index contributed by atoms with van der Waals surface area (Å²) in [6, 6.07) is 40.5. The zero-order chi connectivity index (χ0) is 25.1. The van der Waals surface area contributed by atoms with Crippen molar-refractivity contribution in [3.8, 4) is 27.6 Å². The fourth-order valence-electron chi connectivity index (χ4n) is 5.34. The molecule has 0 aliphatic heterocycles. The lowest BCUT2D eigenvalue weighted by molar-refractivity contribution is 1.14. The van der Waals surface area contributed by atoms with E-state index in [2.05, 4.69) is 114 Å². The molecule has 5 aromatic carbocycles. The van der Waals surface area contributed by atoms with Gasteiger partial charge in [-0.2, -0.15) is 4.37 Å². The van der Waals surface area contributed by atoms with Crippen LogP contribution in [0.25, 0.3) is 71.1 Å². The molecule has 0 aliphatic carbocycles. The van der Waals surface area contributed by atoms with E-state index in [4.69, 9.17) is 14.3 Å². The van der Waals surface area contributed by atoms with Crippen molar-refractivity contribution in [2.24, 2.45) is 0 Å². The van der Waals surface area contributed by atoms with Crippen LogP contribution in [0.5, 0.6) is 0 Å². The van der Waals surface area contributed by atoms with Crippen molar-refractivity contribution in [3.05, 3.63) is 121 Å². The molecule has 0 saturated carbocycles. The first-order valence-electron chi connectivity index (χ1n) is 12.5. The molecule has 3 aromatic heterocycles. The van der Waals surface area contributed by atoms with Gasteiger partial charge in [-0.1, -0.05) is 78.9 Å². The Hall–Kier alpha value is -4.87. The van der Waals surface area contributed by atoms with Crippen LogP contribution in [-0.2, 0) is 0 Å². The minimum absolute atomic E-state index is 0.757. The van der Waals surface area contributed by atoms with Gasteiger partial charge < -0.3 is 0 Å². The molecule has 8 aromatic rings. The molecule has 0 fully saturated rings. The van der Waals surface area contributed by atoms with Crippen LogP contribution in [0.4, 0.5) is 0 Å². The van der Waals surface area contributed by atoms with Gasteiger partial charge in [-0.15, -0.1) is 0 Å². The Balaban J connectivity index is 1.29. The van der Waals surface area contributed by atoms with Crippen molar-refractivity contribution in [1.29, 1.82) is 0 Å². The topological polar surface area (TPSA) is 43.6 Å². The van der Waals surface area contributed by atoms with E-state index in [1.165, 1.54) is 38.5 Å². The molecule has 0 amide bonds. The molecule has 0 saturated heterocycles. The normalized spacial score (nSPS) is 11.7. The van der Waals surface area contributed by atoms with Gasteiger partial charge in [-0.05, 0) is 69.5 Å². The SMILES string of the molecule is c1ccc2cc(-c3nsc(-c4ccc5c6cccnc6n(-c6ccc7ccccc7c6)c5c4)n3)ccc2c1.